The van der Waals surface area contributed by atoms with Crippen molar-refractivity contribution in [1.82, 2.24) is 4.90 Å². The highest BCUT2D eigenvalue weighted by Crippen LogP contribution is 2.17. The Hall–Kier alpha value is -1.33. The first-order valence-corrected chi connectivity index (χ1v) is 6.61. The Morgan fingerprint density at radius 3 is 2.84 bits per heavy atom. The number of thiocarbonyl (C=S) groups is 1. The maximum atomic E-state index is 11.9. The molecule has 0 aliphatic rings. The van der Waals surface area contributed by atoms with Crippen LogP contribution in [0, 0.1) is 0 Å². The Morgan fingerprint density at radius 2 is 2.26 bits per heavy atom. The average molecular weight is 301 g/mol. The summed E-state index contributed by atoms with van der Waals surface area (Å²) in [6, 6.07) is 6.87. The van der Waals surface area contributed by atoms with E-state index in [4.69, 9.17) is 34.3 Å². The van der Waals surface area contributed by atoms with E-state index >= 15 is 0 Å². The number of nitrogens with zero attached hydrogens (tertiary/aromatic N) is 1. The molecule has 104 valence electrons. The summed E-state index contributed by atoms with van der Waals surface area (Å²) < 4.78 is 5.39. The van der Waals surface area contributed by atoms with Gasteiger partial charge in [0.2, 0.25) is 0 Å². The van der Waals surface area contributed by atoms with E-state index < -0.39 is 0 Å². The molecule has 0 radical (unpaired) electrons. The molecule has 0 bridgehead atoms. The monoisotopic (exact) mass is 300 g/mol. The summed E-state index contributed by atoms with van der Waals surface area (Å²) in [4.78, 5) is 13.9. The first-order chi connectivity index (χ1) is 8.90. The predicted octanol–water partition coefficient (Wildman–Crippen LogP) is 2.24. The van der Waals surface area contributed by atoms with Crippen LogP contribution in [0.15, 0.2) is 24.3 Å². The Bertz CT molecular complexity index is 468. The minimum atomic E-state index is -0.135. The third-order valence-electron chi connectivity index (χ3n) is 2.71. The van der Waals surface area contributed by atoms with Crippen molar-refractivity contribution in [2.24, 2.45) is 5.73 Å². The molecule has 1 aromatic carbocycles. The molecule has 0 aliphatic heterocycles. The molecule has 0 spiro atoms. The van der Waals surface area contributed by atoms with Gasteiger partial charge < -0.3 is 15.4 Å². The van der Waals surface area contributed by atoms with Crippen molar-refractivity contribution in [2.75, 3.05) is 13.7 Å². The summed E-state index contributed by atoms with van der Waals surface area (Å²) in [6.07, 6.45) is 0.495. The van der Waals surface area contributed by atoms with E-state index in [1.54, 1.807) is 36.2 Å². The number of rotatable bonds is 6. The number of halogens is 1. The molecule has 6 heteroatoms. The van der Waals surface area contributed by atoms with Gasteiger partial charge in [-0.15, -0.1) is 0 Å². The van der Waals surface area contributed by atoms with Crippen LogP contribution in [0.3, 0.4) is 0 Å². The molecule has 0 heterocycles. The lowest BCUT2D eigenvalue weighted by Crippen LogP contribution is -2.40. The van der Waals surface area contributed by atoms with E-state index in [9.17, 15) is 4.79 Å². The van der Waals surface area contributed by atoms with Crippen LogP contribution in [0.25, 0.3) is 0 Å². The van der Waals surface area contributed by atoms with Gasteiger partial charge in [0.15, 0.2) is 6.61 Å². The van der Waals surface area contributed by atoms with E-state index in [1.165, 1.54) is 0 Å². The molecule has 1 amide bonds. The number of hydrogen-bond donors (Lipinski definition) is 1. The van der Waals surface area contributed by atoms with Gasteiger partial charge in [0.25, 0.3) is 5.91 Å². The fourth-order valence-electron chi connectivity index (χ4n) is 1.48. The van der Waals surface area contributed by atoms with Crippen LogP contribution in [0.5, 0.6) is 5.75 Å². The largest absolute Gasteiger partial charge is 0.484 e. The Morgan fingerprint density at radius 1 is 1.58 bits per heavy atom. The van der Waals surface area contributed by atoms with Gasteiger partial charge in [0.1, 0.15) is 5.75 Å². The molecule has 1 aromatic rings. The molecule has 0 saturated carbocycles. The fraction of sp³-hybridized carbons (Fsp3) is 0.385. The van der Waals surface area contributed by atoms with Crippen LogP contribution in [-0.2, 0) is 4.79 Å². The normalized spacial score (nSPS) is 11.7. The zero-order valence-corrected chi connectivity index (χ0v) is 12.5. The zero-order valence-electron chi connectivity index (χ0n) is 10.9. The van der Waals surface area contributed by atoms with Gasteiger partial charge in [0.05, 0.1) is 4.99 Å². The fourth-order valence-corrected chi connectivity index (χ4v) is 1.90. The van der Waals surface area contributed by atoms with Crippen LogP contribution in [0.4, 0.5) is 0 Å². The smallest absolute Gasteiger partial charge is 0.260 e. The number of likely N-dealkylation sites (N-methyl/N-ethyl adjacent to an activating group) is 1. The van der Waals surface area contributed by atoms with E-state index in [0.29, 0.717) is 22.2 Å². The van der Waals surface area contributed by atoms with Crippen molar-refractivity contribution in [3.05, 3.63) is 29.3 Å². The summed E-state index contributed by atoms with van der Waals surface area (Å²) in [5.41, 5.74) is 5.46. The second-order valence-electron chi connectivity index (χ2n) is 4.27. The molecule has 19 heavy (non-hydrogen) atoms. The van der Waals surface area contributed by atoms with Crippen molar-refractivity contribution in [3.63, 3.8) is 0 Å². The Balaban J connectivity index is 2.48. The topological polar surface area (TPSA) is 55.6 Å². The van der Waals surface area contributed by atoms with Crippen molar-refractivity contribution in [3.8, 4) is 5.75 Å². The molecule has 1 rings (SSSR count). The SMILES string of the molecule is CC(CC(N)=S)N(C)C(=O)COc1cccc(Cl)c1. The minimum Gasteiger partial charge on any atom is -0.484 e. The number of amides is 1. The van der Waals surface area contributed by atoms with Gasteiger partial charge in [0, 0.05) is 24.5 Å². The molecule has 1 atom stereocenters. The number of benzene rings is 1. The third-order valence-corrected chi connectivity index (χ3v) is 3.11. The zero-order chi connectivity index (χ0) is 14.4. The van der Waals surface area contributed by atoms with E-state index in [-0.39, 0.29) is 18.6 Å². The van der Waals surface area contributed by atoms with Crippen molar-refractivity contribution in [2.45, 2.75) is 19.4 Å². The lowest BCUT2D eigenvalue weighted by atomic mass is 10.2. The summed E-state index contributed by atoms with van der Waals surface area (Å²) in [7, 11) is 1.70. The number of nitrogens with two attached hydrogens (primary N) is 1. The van der Waals surface area contributed by atoms with Crippen LogP contribution in [0.2, 0.25) is 5.02 Å². The van der Waals surface area contributed by atoms with E-state index in [0.717, 1.165) is 0 Å². The molecule has 0 saturated heterocycles. The minimum absolute atomic E-state index is 0.0431. The maximum Gasteiger partial charge on any atom is 0.260 e. The van der Waals surface area contributed by atoms with E-state index in [2.05, 4.69) is 0 Å². The molecule has 0 fully saturated rings. The highest BCUT2D eigenvalue weighted by molar-refractivity contribution is 7.80. The number of hydrogen-bond acceptors (Lipinski definition) is 3. The van der Waals surface area contributed by atoms with Crippen LogP contribution in [-0.4, -0.2) is 35.5 Å². The van der Waals surface area contributed by atoms with Crippen LogP contribution in [0.1, 0.15) is 13.3 Å². The number of carbonyl (C=O) groups excluding carboxylic acids is 1. The molecule has 0 aromatic heterocycles. The second kappa shape index (κ2) is 7.31. The van der Waals surface area contributed by atoms with Gasteiger partial charge in [-0.25, -0.2) is 0 Å². The predicted molar refractivity (Wildman–Crippen MR) is 80.6 cm³/mol. The maximum absolute atomic E-state index is 11.9. The van der Waals surface area contributed by atoms with Gasteiger partial charge in [-0.3, -0.25) is 4.79 Å². The summed E-state index contributed by atoms with van der Waals surface area (Å²) in [5, 5.41) is 0.570. The van der Waals surface area contributed by atoms with Crippen molar-refractivity contribution < 1.29 is 9.53 Å². The third kappa shape index (κ3) is 5.44. The van der Waals surface area contributed by atoms with Gasteiger partial charge in [-0.1, -0.05) is 29.9 Å². The molecular formula is C13H17ClN2O2S. The van der Waals surface area contributed by atoms with Crippen LogP contribution >= 0.6 is 23.8 Å². The van der Waals surface area contributed by atoms with E-state index in [1.807, 2.05) is 6.92 Å². The lowest BCUT2D eigenvalue weighted by Gasteiger charge is -2.24. The highest BCUT2D eigenvalue weighted by atomic mass is 35.5. The van der Waals surface area contributed by atoms with Gasteiger partial charge in [-0.2, -0.15) is 0 Å². The second-order valence-corrected chi connectivity index (χ2v) is 5.23. The molecule has 2 N–H and O–H groups in total. The van der Waals surface area contributed by atoms with Crippen molar-refractivity contribution in [1.29, 1.82) is 0 Å². The lowest BCUT2D eigenvalue weighted by molar-refractivity contribution is -0.133. The molecule has 4 nitrogen and oxygen atoms in total. The summed E-state index contributed by atoms with van der Waals surface area (Å²) >= 11 is 10.7. The highest BCUT2D eigenvalue weighted by Gasteiger charge is 2.16. The Labute approximate surface area is 123 Å². The standard InChI is InChI=1S/C13H17ClN2O2S/c1-9(6-12(15)19)16(2)13(17)8-18-11-5-3-4-10(14)7-11/h3-5,7,9H,6,8H2,1-2H3,(H2,15,19). The average Bonchev–Trinajstić information content (AvgIpc) is 2.34. The van der Waals surface area contributed by atoms with Crippen molar-refractivity contribution >= 4 is 34.7 Å². The number of ether oxygens (including phenoxy) is 1. The summed E-state index contributed by atoms with van der Waals surface area (Å²) in [5.74, 6) is 0.431. The quantitative estimate of drug-likeness (QED) is 0.819. The first kappa shape index (κ1) is 15.7. The molecule has 1 unspecified atom stereocenters. The van der Waals surface area contributed by atoms with Gasteiger partial charge in [-0.05, 0) is 25.1 Å². The molecular weight excluding hydrogens is 284 g/mol. The molecule has 0 aliphatic carbocycles. The van der Waals surface area contributed by atoms with Gasteiger partial charge >= 0.3 is 0 Å². The van der Waals surface area contributed by atoms with Crippen LogP contribution < -0.4 is 10.5 Å². The number of carbonyl (C=O) groups is 1. The Kier molecular flexibility index (Phi) is 6.05. The summed E-state index contributed by atoms with van der Waals surface area (Å²) in [6.45, 7) is 1.84. The first-order valence-electron chi connectivity index (χ1n) is 5.82.